The predicted molar refractivity (Wildman–Crippen MR) is 101 cm³/mol. The molecule has 2 fully saturated rings. The molecule has 0 aromatic heterocycles. The number of nitrogens with two attached hydrogens (primary N) is 1. The van der Waals surface area contributed by atoms with Gasteiger partial charge in [0.05, 0.1) is 14.2 Å². The van der Waals surface area contributed by atoms with Gasteiger partial charge in [0.15, 0.2) is 0 Å². The van der Waals surface area contributed by atoms with Crippen molar-refractivity contribution in [1.82, 2.24) is 9.80 Å². The van der Waals surface area contributed by atoms with Gasteiger partial charge in [-0.2, -0.15) is 0 Å². The van der Waals surface area contributed by atoms with E-state index in [-0.39, 0.29) is 5.92 Å². The van der Waals surface area contributed by atoms with E-state index in [4.69, 9.17) is 15.2 Å². The van der Waals surface area contributed by atoms with Gasteiger partial charge in [0, 0.05) is 44.7 Å². The number of hydrogen-bond acceptors (Lipinski definition) is 5. The summed E-state index contributed by atoms with van der Waals surface area (Å²) in [4.78, 5) is 17.2. The van der Waals surface area contributed by atoms with Crippen molar-refractivity contribution in [2.45, 2.75) is 25.8 Å². The molecule has 2 aliphatic rings. The number of amides is 1. The van der Waals surface area contributed by atoms with Crippen LogP contribution < -0.4 is 15.2 Å². The maximum Gasteiger partial charge on any atom is 0.226 e. The van der Waals surface area contributed by atoms with Crippen LogP contribution in [0.4, 0.5) is 0 Å². The lowest BCUT2D eigenvalue weighted by atomic mass is 9.94. The van der Waals surface area contributed by atoms with E-state index in [1.54, 1.807) is 14.2 Å². The number of carbonyl (C=O) groups is 1. The van der Waals surface area contributed by atoms with Crippen LogP contribution in [0.5, 0.6) is 11.5 Å². The van der Waals surface area contributed by atoms with Gasteiger partial charge in [0.25, 0.3) is 0 Å². The molecule has 1 amide bonds. The highest BCUT2D eigenvalue weighted by Gasteiger charge is 2.35. The van der Waals surface area contributed by atoms with E-state index >= 15 is 0 Å². The summed E-state index contributed by atoms with van der Waals surface area (Å²) in [5.74, 6) is 2.46. The van der Waals surface area contributed by atoms with Gasteiger partial charge in [-0.25, -0.2) is 0 Å². The molecule has 6 nitrogen and oxygen atoms in total. The second-order valence-electron chi connectivity index (χ2n) is 7.36. The molecule has 1 aliphatic heterocycles. The number of nitrogens with zero attached hydrogens (tertiary/aromatic N) is 2. The molecular formula is C20H31N3O3. The first-order valence-corrected chi connectivity index (χ1v) is 9.57. The van der Waals surface area contributed by atoms with Gasteiger partial charge in [0.1, 0.15) is 11.5 Å². The second-order valence-corrected chi connectivity index (χ2v) is 7.36. The van der Waals surface area contributed by atoms with Crippen molar-refractivity contribution >= 4 is 5.91 Å². The van der Waals surface area contributed by atoms with Crippen LogP contribution in [0.2, 0.25) is 0 Å². The van der Waals surface area contributed by atoms with Crippen molar-refractivity contribution in [3.05, 3.63) is 23.8 Å². The highest BCUT2D eigenvalue weighted by atomic mass is 16.5. The molecule has 3 rings (SSSR count). The Bertz CT molecular complexity index is 592. The van der Waals surface area contributed by atoms with Crippen molar-refractivity contribution in [3.63, 3.8) is 0 Å². The normalized spacial score (nSPS) is 23.9. The Balaban J connectivity index is 1.55. The Morgan fingerprint density at radius 1 is 1.08 bits per heavy atom. The molecule has 2 N–H and O–H groups in total. The standard InChI is InChI=1S/C20H31N3O3/c1-25-17-10-15(11-18(12-17)26-2)14-22-6-8-23(9-7-22)20(24)19-5-3-4-16(19)13-21/h10-12,16,19H,3-9,13-14,21H2,1-2H3/t16-,19-/m1/s1. The van der Waals surface area contributed by atoms with Crippen LogP contribution in [0.3, 0.4) is 0 Å². The average Bonchev–Trinajstić information content (AvgIpc) is 3.16. The summed E-state index contributed by atoms with van der Waals surface area (Å²) >= 11 is 0. The minimum Gasteiger partial charge on any atom is -0.497 e. The molecule has 26 heavy (non-hydrogen) atoms. The lowest BCUT2D eigenvalue weighted by molar-refractivity contribution is -0.138. The van der Waals surface area contributed by atoms with Crippen molar-refractivity contribution in [1.29, 1.82) is 0 Å². The van der Waals surface area contributed by atoms with E-state index in [0.717, 1.165) is 63.5 Å². The predicted octanol–water partition coefficient (Wildman–Crippen LogP) is 1.72. The Morgan fingerprint density at radius 2 is 1.73 bits per heavy atom. The first kappa shape index (κ1) is 19.0. The van der Waals surface area contributed by atoms with Crippen LogP contribution in [0.1, 0.15) is 24.8 Å². The lowest BCUT2D eigenvalue weighted by Gasteiger charge is -2.36. The average molecular weight is 361 g/mol. The topological polar surface area (TPSA) is 68.0 Å². The number of benzene rings is 1. The molecule has 1 heterocycles. The Hall–Kier alpha value is -1.79. The summed E-state index contributed by atoms with van der Waals surface area (Å²) in [5.41, 5.74) is 7.01. The van der Waals surface area contributed by atoms with Gasteiger partial charge in [-0.3, -0.25) is 9.69 Å². The molecule has 1 saturated heterocycles. The Labute approximate surface area is 156 Å². The zero-order valence-electron chi connectivity index (χ0n) is 15.9. The largest absolute Gasteiger partial charge is 0.497 e. The Morgan fingerprint density at radius 3 is 2.31 bits per heavy atom. The summed E-state index contributed by atoms with van der Waals surface area (Å²) in [6, 6.07) is 5.98. The van der Waals surface area contributed by atoms with Crippen molar-refractivity contribution in [2.24, 2.45) is 17.6 Å². The van der Waals surface area contributed by atoms with E-state index in [1.807, 2.05) is 23.1 Å². The highest BCUT2D eigenvalue weighted by Crippen LogP contribution is 2.32. The maximum absolute atomic E-state index is 12.8. The number of ether oxygens (including phenoxy) is 2. The zero-order valence-corrected chi connectivity index (χ0v) is 15.9. The molecule has 1 aromatic carbocycles. The van der Waals surface area contributed by atoms with E-state index in [2.05, 4.69) is 4.90 Å². The molecule has 144 valence electrons. The van der Waals surface area contributed by atoms with Gasteiger partial charge in [-0.1, -0.05) is 6.42 Å². The number of methoxy groups -OCH3 is 2. The third kappa shape index (κ3) is 4.30. The Kier molecular flexibility index (Phi) is 6.38. The zero-order chi connectivity index (χ0) is 18.5. The molecule has 1 aromatic rings. The highest BCUT2D eigenvalue weighted by molar-refractivity contribution is 5.79. The first-order valence-electron chi connectivity index (χ1n) is 9.57. The molecule has 6 heteroatoms. The van der Waals surface area contributed by atoms with Crippen LogP contribution in [0.15, 0.2) is 18.2 Å². The smallest absolute Gasteiger partial charge is 0.226 e. The number of carbonyl (C=O) groups excluding carboxylic acids is 1. The van der Waals surface area contributed by atoms with Crippen LogP contribution in [0.25, 0.3) is 0 Å². The summed E-state index contributed by atoms with van der Waals surface area (Å²) < 4.78 is 10.7. The SMILES string of the molecule is COc1cc(CN2CCN(C(=O)[C@@H]3CCC[C@@H]3CN)CC2)cc(OC)c1. The summed E-state index contributed by atoms with van der Waals surface area (Å²) in [7, 11) is 3.33. The number of rotatable bonds is 6. The monoisotopic (exact) mass is 361 g/mol. The molecule has 0 radical (unpaired) electrons. The van der Waals surface area contributed by atoms with Gasteiger partial charge in [0.2, 0.25) is 5.91 Å². The summed E-state index contributed by atoms with van der Waals surface area (Å²) in [5, 5.41) is 0. The fraction of sp³-hybridized carbons (Fsp3) is 0.650. The van der Waals surface area contributed by atoms with E-state index in [0.29, 0.717) is 18.4 Å². The molecule has 1 aliphatic carbocycles. The summed E-state index contributed by atoms with van der Waals surface area (Å²) in [6.07, 6.45) is 3.24. The molecule has 0 spiro atoms. The van der Waals surface area contributed by atoms with E-state index < -0.39 is 0 Å². The number of piperazine rings is 1. The van der Waals surface area contributed by atoms with Gasteiger partial charge in [-0.15, -0.1) is 0 Å². The minimum absolute atomic E-state index is 0.147. The fourth-order valence-corrected chi connectivity index (χ4v) is 4.22. The minimum atomic E-state index is 0.147. The van der Waals surface area contributed by atoms with Crippen LogP contribution in [-0.4, -0.2) is 62.7 Å². The molecule has 2 atom stereocenters. The van der Waals surface area contributed by atoms with Gasteiger partial charge < -0.3 is 20.1 Å². The lowest BCUT2D eigenvalue weighted by Crippen LogP contribution is -2.50. The third-order valence-corrected chi connectivity index (χ3v) is 5.78. The van der Waals surface area contributed by atoms with E-state index in [9.17, 15) is 4.79 Å². The van der Waals surface area contributed by atoms with Crippen molar-refractivity contribution < 1.29 is 14.3 Å². The molecular weight excluding hydrogens is 330 g/mol. The van der Waals surface area contributed by atoms with Gasteiger partial charge >= 0.3 is 0 Å². The van der Waals surface area contributed by atoms with E-state index in [1.165, 1.54) is 5.56 Å². The van der Waals surface area contributed by atoms with Crippen molar-refractivity contribution in [2.75, 3.05) is 46.9 Å². The maximum atomic E-state index is 12.8. The van der Waals surface area contributed by atoms with Crippen LogP contribution in [-0.2, 0) is 11.3 Å². The fourth-order valence-electron chi connectivity index (χ4n) is 4.22. The third-order valence-electron chi connectivity index (χ3n) is 5.78. The van der Waals surface area contributed by atoms with Crippen molar-refractivity contribution in [3.8, 4) is 11.5 Å². The van der Waals surface area contributed by atoms with Gasteiger partial charge in [-0.05, 0) is 43.0 Å². The number of hydrogen-bond donors (Lipinski definition) is 1. The summed E-state index contributed by atoms with van der Waals surface area (Å²) in [6.45, 7) is 4.86. The van der Waals surface area contributed by atoms with Crippen LogP contribution in [0, 0.1) is 11.8 Å². The molecule has 1 saturated carbocycles. The molecule has 0 unspecified atom stereocenters. The molecule has 0 bridgehead atoms. The van der Waals surface area contributed by atoms with Crippen LogP contribution >= 0.6 is 0 Å². The quantitative estimate of drug-likeness (QED) is 0.836. The second kappa shape index (κ2) is 8.73. The first-order chi connectivity index (χ1) is 12.6.